The molecule has 0 amide bonds. The van der Waals surface area contributed by atoms with Crippen LogP contribution in [0.5, 0.6) is 0 Å². The third-order valence-corrected chi connectivity index (χ3v) is 3.47. The van der Waals surface area contributed by atoms with Gasteiger partial charge in [0, 0.05) is 35.1 Å². The summed E-state index contributed by atoms with van der Waals surface area (Å²) in [6.07, 6.45) is 11.4. The van der Waals surface area contributed by atoms with Gasteiger partial charge in [-0.3, -0.25) is 0 Å². The van der Waals surface area contributed by atoms with E-state index in [0.717, 1.165) is 13.1 Å². The third kappa shape index (κ3) is 4.44. The van der Waals surface area contributed by atoms with Crippen LogP contribution in [0.15, 0.2) is 36.9 Å². The number of hydrogen-bond acceptors (Lipinski definition) is 0. The summed E-state index contributed by atoms with van der Waals surface area (Å²) < 4.78 is 4.63. The van der Waals surface area contributed by atoms with Gasteiger partial charge in [-0.15, -0.1) is 0 Å². The molecule has 0 saturated heterocycles. The number of hydrogen-bond donors (Lipinski definition) is 0. The van der Waals surface area contributed by atoms with Crippen molar-refractivity contribution in [2.24, 2.45) is 0 Å². The molecule has 0 radical (unpaired) electrons. The van der Waals surface area contributed by atoms with Crippen molar-refractivity contribution in [3.8, 4) is 0 Å². The molecule has 2 aromatic rings. The van der Waals surface area contributed by atoms with Crippen molar-refractivity contribution in [2.75, 3.05) is 0 Å². The lowest BCUT2D eigenvalue weighted by Gasteiger charge is -2.01. The zero-order chi connectivity index (χ0) is 14.5. The normalized spacial score (nSPS) is 10.8. The highest BCUT2D eigenvalue weighted by Crippen LogP contribution is 2.00. The second-order valence-electron chi connectivity index (χ2n) is 5.96. The van der Waals surface area contributed by atoms with E-state index in [1.807, 2.05) is 0 Å². The van der Waals surface area contributed by atoms with Gasteiger partial charge in [0.15, 0.2) is 24.8 Å². The second kappa shape index (κ2) is 6.65. The molecule has 0 aromatic carbocycles. The fourth-order valence-electron chi connectivity index (χ4n) is 2.84. The number of unbranched alkanes of at least 4 members (excludes halogenated alkanes) is 1. The van der Waals surface area contributed by atoms with Gasteiger partial charge in [-0.25, -0.2) is 9.13 Å². The minimum Gasteiger partial charge on any atom is -0.205 e. The molecule has 2 rings (SSSR count). The SMILES string of the molecule is Cc1cc(C)c[n+](CCCC[n+]2cc(C)cc(C)c2)c1. The number of aromatic nitrogens is 2. The predicted molar refractivity (Wildman–Crippen MR) is 81.5 cm³/mol. The second-order valence-corrected chi connectivity index (χ2v) is 5.96. The summed E-state index contributed by atoms with van der Waals surface area (Å²) in [5.74, 6) is 0. The Morgan fingerprint density at radius 3 is 1.20 bits per heavy atom. The van der Waals surface area contributed by atoms with E-state index in [1.54, 1.807) is 0 Å². The third-order valence-electron chi connectivity index (χ3n) is 3.47. The summed E-state index contributed by atoms with van der Waals surface area (Å²) in [6, 6.07) is 4.45. The van der Waals surface area contributed by atoms with Gasteiger partial charge in [-0.1, -0.05) is 0 Å². The Hall–Kier alpha value is -1.70. The molecular formula is C18H26N2+2. The molecule has 0 saturated carbocycles. The summed E-state index contributed by atoms with van der Waals surface area (Å²) in [4.78, 5) is 0. The number of pyridine rings is 2. The minimum absolute atomic E-state index is 1.11. The van der Waals surface area contributed by atoms with Crippen LogP contribution in [0.1, 0.15) is 35.1 Å². The lowest BCUT2D eigenvalue weighted by atomic mass is 10.2. The van der Waals surface area contributed by atoms with E-state index < -0.39 is 0 Å². The molecular weight excluding hydrogens is 244 g/mol. The fraction of sp³-hybridized carbons (Fsp3) is 0.444. The highest BCUT2D eigenvalue weighted by molar-refractivity contribution is 5.11. The largest absolute Gasteiger partial charge is 0.205 e. The summed E-state index contributed by atoms with van der Waals surface area (Å²) in [5.41, 5.74) is 5.37. The molecule has 2 heterocycles. The van der Waals surface area contributed by atoms with E-state index in [2.05, 4.69) is 73.7 Å². The van der Waals surface area contributed by atoms with Gasteiger partial charge in [-0.2, -0.15) is 0 Å². The summed E-state index contributed by atoms with van der Waals surface area (Å²) in [7, 11) is 0. The van der Waals surface area contributed by atoms with Crippen molar-refractivity contribution in [2.45, 2.75) is 53.6 Å². The van der Waals surface area contributed by atoms with Crippen LogP contribution in [0.3, 0.4) is 0 Å². The summed E-state index contributed by atoms with van der Waals surface area (Å²) >= 11 is 0. The standard InChI is InChI=1S/C18H26N2/c1-15-9-16(2)12-19(11-15)7-5-6-8-20-13-17(3)10-18(4)14-20/h9-14H,5-8H2,1-4H3/q+2. The Balaban J connectivity index is 1.84. The molecule has 20 heavy (non-hydrogen) atoms. The van der Waals surface area contributed by atoms with Gasteiger partial charge in [-0.05, 0) is 39.8 Å². The number of nitrogens with zero attached hydrogens (tertiary/aromatic N) is 2. The molecule has 0 bridgehead atoms. The molecule has 2 aromatic heterocycles. The average Bonchev–Trinajstić information content (AvgIpc) is 2.32. The summed E-state index contributed by atoms with van der Waals surface area (Å²) in [5, 5.41) is 0. The molecule has 2 nitrogen and oxygen atoms in total. The molecule has 0 aliphatic heterocycles. The first-order valence-corrected chi connectivity index (χ1v) is 7.47. The molecule has 2 heteroatoms. The van der Waals surface area contributed by atoms with Gasteiger partial charge in [0.05, 0.1) is 0 Å². The lowest BCUT2D eigenvalue weighted by molar-refractivity contribution is -0.708. The summed E-state index contributed by atoms with van der Waals surface area (Å²) in [6.45, 7) is 10.9. The van der Waals surface area contributed by atoms with Crippen LogP contribution < -0.4 is 9.13 Å². The zero-order valence-corrected chi connectivity index (χ0v) is 13.2. The lowest BCUT2D eigenvalue weighted by Crippen LogP contribution is -2.36. The smallest absolute Gasteiger partial charge is 0.171 e. The maximum Gasteiger partial charge on any atom is 0.171 e. The average molecular weight is 270 g/mol. The first kappa shape index (κ1) is 14.7. The molecule has 106 valence electrons. The molecule has 0 unspecified atom stereocenters. The first-order valence-electron chi connectivity index (χ1n) is 7.47. The van der Waals surface area contributed by atoms with Gasteiger partial charge in [0.2, 0.25) is 0 Å². The van der Waals surface area contributed by atoms with E-state index in [1.165, 1.54) is 35.1 Å². The van der Waals surface area contributed by atoms with Crippen LogP contribution in [0, 0.1) is 27.7 Å². The van der Waals surface area contributed by atoms with E-state index in [4.69, 9.17) is 0 Å². The Morgan fingerprint density at radius 1 is 0.600 bits per heavy atom. The van der Waals surface area contributed by atoms with Gasteiger partial charge >= 0.3 is 0 Å². The maximum atomic E-state index is 2.32. The van der Waals surface area contributed by atoms with Crippen molar-refractivity contribution in [1.82, 2.24) is 0 Å². The van der Waals surface area contributed by atoms with Crippen LogP contribution in [0.2, 0.25) is 0 Å². The van der Waals surface area contributed by atoms with E-state index in [0.29, 0.717) is 0 Å². The molecule has 0 aliphatic carbocycles. The molecule has 0 spiro atoms. The highest BCUT2D eigenvalue weighted by Gasteiger charge is 2.06. The maximum absolute atomic E-state index is 2.32. The highest BCUT2D eigenvalue weighted by atomic mass is 14.9. The van der Waals surface area contributed by atoms with Gasteiger partial charge < -0.3 is 0 Å². The Bertz CT molecular complexity index is 494. The minimum atomic E-state index is 1.11. The van der Waals surface area contributed by atoms with E-state index in [-0.39, 0.29) is 0 Å². The fourth-order valence-corrected chi connectivity index (χ4v) is 2.84. The Kier molecular flexibility index (Phi) is 4.89. The first-order chi connectivity index (χ1) is 9.52. The van der Waals surface area contributed by atoms with Crippen LogP contribution in [-0.4, -0.2) is 0 Å². The molecule has 0 aliphatic rings. The molecule has 0 atom stereocenters. The molecule has 0 N–H and O–H groups in total. The van der Waals surface area contributed by atoms with Crippen molar-refractivity contribution >= 4 is 0 Å². The monoisotopic (exact) mass is 270 g/mol. The van der Waals surface area contributed by atoms with Crippen molar-refractivity contribution in [3.63, 3.8) is 0 Å². The van der Waals surface area contributed by atoms with E-state index >= 15 is 0 Å². The van der Waals surface area contributed by atoms with Crippen LogP contribution >= 0.6 is 0 Å². The van der Waals surface area contributed by atoms with Gasteiger partial charge in [0.1, 0.15) is 13.1 Å². The molecule has 0 fully saturated rings. The predicted octanol–water partition coefficient (Wildman–Crippen LogP) is 2.98. The van der Waals surface area contributed by atoms with Crippen molar-refractivity contribution in [3.05, 3.63) is 59.2 Å². The number of rotatable bonds is 5. The van der Waals surface area contributed by atoms with Gasteiger partial charge in [0.25, 0.3) is 0 Å². The van der Waals surface area contributed by atoms with Crippen molar-refractivity contribution < 1.29 is 9.13 Å². The van der Waals surface area contributed by atoms with E-state index in [9.17, 15) is 0 Å². The number of aryl methyl sites for hydroxylation is 6. The Morgan fingerprint density at radius 2 is 0.900 bits per heavy atom. The van der Waals surface area contributed by atoms with Crippen LogP contribution in [0.25, 0.3) is 0 Å². The quantitative estimate of drug-likeness (QED) is 0.583. The van der Waals surface area contributed by atoms with Crippen molar-refractivity contribution in [1.29, 1.82) is 0 Å². The Labute approximate surface area is 122 Å². The van der Waals surface area contributed by atoms with Crippen LogP contribution in [-0.2, 0) is 13.1 Å². The topological polar surface area (TPSA) is 7.76 Å². The zero-order valence-electron chi connectivity index (χ0n) is 13.2. The van der Waals surface area contributed by atoms with Crippen LogP contribution in [0.4, 0.5) is 0 Å².